The first-order valence-corrected chi connectivity index (χ1v) is 12.7. The molecule has 0 N–H and O–H groups in total. The van der Waals surface area contributed by atoms with E-state index < -0.39 is 0 Å². The maximum atomic E-state index is 13.9. The molecule has 9 heteroatoms. The lowest BCUT2D eigenvalue weighted by Gasteiger charge is -2.23. The summed E-state index contributed by atoms with van der Waals surface area (Å²) in [6.07, 6.45) is 0.957. The molecule has 3 rings (SSSR count). The monoisotopic (exact) mass is 521 g/mol. The molecule has 1 amide bonds. The van der Waals surface area contributed by atoms with E-state index in [0.717, 1.165) is 16.6 Å². The Bertz CT molecular complexity index is 1090. The topological polar surface area (TPSA) is 64.1 Å². The zero-order chi connectivity index (χ0) is 24.7. The van der Waals surface area contributed by atoms with Crippen LogP contribution in [0.5, 0.6) is 17.2 Å². The second kappa shape index (κ2) is 13.5. The van der Waals surface area contributed by atoms with Gasteiger partial charge in [-0.2, -0.15) is 0 Å². The molecule has 0 atom stereocenters. The predicted molar refractivity (Wildman–Crippen MR) is 146 cm³/mol. The number of fused-ring (bicyclic) bond motifs is 1. The second-order valence-electron chi connectivity index (χ2n) is 8.01. The van der Waals surface area contributed by atoms with Crippen molar-refractivity contribution in [3.05, 3.63) is 41.5 Å². The van der Waals surface area contributed by atoms with E-state index >= 15 is 0 Å². The summed E-state index contributed by atoms with van der Waals surface area (Å²) in [7, 11) is 3.98. The summed E-state index contributed by atoms with van der Waals surface area (Å²) in [6.45, 7) is 10.4. The molecule has 1 aromatic heterocycles. The van der Waals surface area contributed by atoms with Gasteiger partial charge in [-0.1, -0.05) is 24.3 Å². The van der Waals surface area contributed by atoms with Crippen LogP contribution in [0.4, 0.5) is 5.13 Å². The van der Waals surface area contributed by atoms with Gasteiger partial charge in [0.05, 0.1) is 30.0 Å². The molecule has 0 spiro atoms. The van der Waals surface area contributed by atoms with E-state index in [-0.39, 0.29) is 18.3 Å². The molecule has 0 aliphatic heterocycles. The summed E-state index contributed by atoms with van der Waals surface area (Å²) in [5.74, 6) is 1.38. The molecule has 0 aliphatic carbocycles. The van der Waals surface area contributed by atoms with E-state index in [1.165, 1.54) is 16.9 Å². The first kappa shape index (κ1) is 28.7. The third-order valence-electron chi connectivity index (χ3n) is 5.25. The van der Waals surface area contributed by atoms with Crippen LogP contribution in [0.15, 0.2) is 30.3 Å². The van der Waals surface area contributed by atoms with Crippen LogP contribution >= 0.6 is 23.7 Å². The van der Waals surface area contributed by atoms with Crippen LogP contribution in [0, 0.1) is 0 Å². The van der Waals surface area contributed by atoms with Gasteiger partial charge in [-0.05, 0) is 71.1 Å². The van der Waals surface area contributed by atoms with Crippen molar-refractivity contribution in [1.29, 1.82) is 0 Å². The Morgan fingerprint density at radius 1 is 0.914 bits per heavy atom. The zero-order valence-corrected chi connectivity index (χ0v) is 23.1. The summed E-state index contributed by atoms with van der Waals surface area (Å²) >= 11 is 1.54. The highest BCUT2D eigenvalue weighted by molar-refractivity contribution is 7.22. The molecule has 0 saturated heterocycles. The van der Waals surface area contributed by atoms with Gasteiger partial charge in [-0.25, -0.2) is 4.98 Å². The Kier molecular flexibility index (Phi) is 11.1. The largest absolute Gasteiger partial charge is 0.490 e. The van der Waals surface area contributed by atoms with Crippen LogP contribution in [-0.2, 0) is 6.42 Å². The number of aromatic nitrogens is 1. The van der Waals surface area contributed by atoms with Crippen LogP contribution in [0.25, 0.3) is 10.2 Å². The number of hydrogen-bond acceptors (Lipinski definition) is 7. The summed E-state index contributed by atoms with van der Waals surface area (Å²) in [4.78, 5) is 22.5. The minimum Gasteiger partial charge on any atom is -0.490 e. The van der Waals surface area contributed by atoms with Gasteiger partial charge in [-0.3, -0.25) is 9.69 Å². The third kappa shape index (κ3) is 6.99. The SMILES string of the molecule is CCOc1cc(C(=O)N(CCN(C)C)c2nc3ccc(CC)cc3s2)cc(OCC)c1OCC.Cl. The van der Waals surface area contributed by atoms with Crippen molar-refractivity contribution in [3.63, 3.8) is 0 Å². The van der Waals surface area contributed by atoms with Crippen molar-refractivity contribution in [2.75, 3.05) is 51.9 Å². The highest BCUT2D eigenvalue weighted by Crippen LogP contribution is 2.40. The van der Waals surface area contributed by atoms with Crippen molar-refractivity contribution in [3.8, 4) is 17.2 Å². The predicted octanol–water partition coefficient (Wildman–Crippen LogP) is 5.69. The Morgan fingerprint density at radius 2 is 1.54 bits per heavy atom. The fourth-order valence-electron chi connectivity index (χ4n) is 3.54. The molecule has 0 radical (unpaired) electrons. The molecule has 0 aliphatic rings. The van der Waals surface area contributed by atoms with Gasteiger partial charge >= 0.3 is 0 Å². The number of benzene rings is 2. The molecule has 2 aromatic carbocycles. The molecule has 35 heavy (non-hydrogen) atoms. The summed E-state index contributed by atoms with van der Waals surface area (Å²) in [6, 6.07) is 9.75. The quantitative estimate of drug-likeness (QED) is 0.305. The van der Waals surface area contributed by atoms with Crippen LogP contribution < -0.4 is 19.1 Å². The van der Waals surface area contributed by atoms with E-state index in [0.29, 0.717) is 60.9 Å². The maximum Gasteiger partial charge on any atom is 0.260 e. The number of hydrogen-bond donors (Lipinski definition) is 0. The Labute approximate surface area is 218 Å². The van der Waals surface area contributed by atoms with Crippen molar-refractivity contribution in [2.24, 2.45) is 0 Å². The number of halogens is 1. The maximum absolute atomic E-state index is 13.9. The van der Waals surface area contributed by atoms with Crippen molar-refractivity contribution in [1.82, 2.24) is 9.88 Å². The van der Waals surface area contributed by atoms with E-state index in [9.17, 15) is 4.79 Å². The van der Waals surface area contributed by atoms with Gasteiger partial charge in [0.2, 0.25) is 5.75 Å². The third-order valence-corrected chi connectivity index (χ3v) is 6.29. The van der Waals surface area contributed by atoms with Gasteiger partial charge in [0.1, 0.15) is 0 Å². The summed E-state index contributed by atoms with van der Waals surface area (Å²) in [5.41, 5.74) is 2.63. The standard InChI is InChI=1S/C26H35N3O4S.ClH/c1-7-18-11-12-20-23(15-18)34-26(27-20)29(14-13-28(5)6)25(30)19-16-21(31-8-2)24(33-10-4)22(17-19)32-9-3;/h11-12,15-17H,7-10,13-14H2,1-6H3;1H. The molecule has 1 heterocycles. The summed E-state index contributed by atoms with van der Waals surface area (Å²) in [5, 5.41) is 0.680. The van der Waals surface area contributed by atoms with Gasteiger partial charge in [0, 0.05) is 18.7 Å². The summed E-state index contributed by atoms with van der Waals surface area (Å²) < 4.78 is 18.5. The zero-order valence-electron chi connectivity index (χ0n) is 21.4. The number of carbonyl (C=O) groups is 1. The van der Waals surface area contributed by atoms with Gasteiger partial charge in [0.15, 0.2) is 16.6 Å². The highest BCUT2D eigenvalue weighted by atomic mass is 35.5. The fraction of sp³-hybridized carbons (Fsp3) is 0.462. The molecule has 0 unspecified atom stereocenters. The Balaban J connectivity index is 0.00000432. The van der Waals surface area contributed by atoms with E-state index in [1.54, 1.807) is 17.0 Å². The average molecular weight is 522 g/mol. The number of anilines is 1. The minimum absolute atomic E-state index is 0. The van der Waals surface area contributed by atoms with Crippen molar-refractivity contribution in [2.45, 2.75) is 34.1 Å². The number of nitrogens with zero attached hydrogens (tertiary/aromatic N) is 3. The molecule has 192 valence electrons. The van der Waals surface area contributed by atoms with Crippen molar-refractivity contribution < 1.29 is 19.0 Å². The van der Waals surface area contributed by atoms with E-state index in [2.05, 4.69) is 24.0 Å². The number of aryl methyl sites for hydroxylation is 1. The first-order chi connectivity index (χ1) is 16.4. The lowest BCUT2D eigenvalue weighted by molar-refractivity contribution is 0.0984. The molecule has 0 fully saturated rings. The lowest BCUT2D eigenvalue weighted by Crippen LogP contribution is -2.36. The molecular formula is C26H36ClN3O4S. The minimum atomic E-state index is -0.151. The first-order valence-electron chi connectivity index (χ1n) is 11.8. The van der Waals surface area contributed by atoms with Crippen molar-refractivity contribution >= 4 is 45.0 Å². The smallest absolute Gasteiger partial charge is 0.260 e. The number of rotatable bonds is 12. The van der Waals surface area contributed by atoms with Gasteiger partial charge < -0.3 is 19.1 Å². The Morgan fingerprint density at radius 3 is 2.09 bits per heavy atom. The number of ether oxygens (including phenoxy) is 3. The number of likely N-dealkylation sites (N-methyl/N-ethyl adjacent to an activating group) is 1. The van der Waals surface area contributed by atoms with Gasteiger partial charge in [-0.15, -0.1) is 12.4 Å². The fourth-order valence-corrected chi connectivity index (χ4v) is 4.60. The Hall–Kier alpha value is -2.55. The molecule has 7 nitrogen and oxygen atoms in total. The van der Waals surface area contributed by atoms with Crippen LogP contribution in [0.2, 0.25) is 0 Å². The van der Waals surface area contributed by atoms with Crippen LogP contribution in [0.3, 0.4) is 0 Å². The molecular weight excluding hydrogens is 486 g/mol. The lowest BCUT2D eigenvalue weighted by atomic mass is 10.1. The number of carbonyl (C=O) groups excluding carboxylic acids is 1. The highest BCUT2D eigenvalue weighted by Gasteiger charge is 2.25. The van der Waals surface area contributed by atoms with E-state index in [4.69, 9.17) is 19.2 Å². The van der Waals surface area contributed by atoms with Crippen LogP contribution in [0.1, 0.15) is 43.6 Å². The molecule has 3 aromatic rings. The number of thiazole rings is 1. The molecule has 0 saturated carbocycles. The molecule has 0 bridgehead atoms. The van der Waals surface area contributed by atoms with Crippen LogP contribution in [-0.4, -0.2) is 62.8 Å². The number of amides is 1. The second-order valence-corrected chi connectivity index (χ2v) is 9.02. The van der Waals surface area contributed by atoms with Gasteiger partial charge in [0.25, 0.3) is 5.91 Å². The normalized spacial score (nSPS) is 10.8. The van der Waals surface area contributed by atoms with E-state index in [1.807, 2.05) is 40.9 Å². The average Bonchev–Trinajstić information content (AvgIpc) is 3.23.